The fourth-order valence-electron chi connectivity index (χ4n) is 0.341. The highest BCUT2D eigenvalue weighted by molar-refractivity contribution is 5.70. The van der Waals surface area contributed by atoms with E-state index in [2.05, 4.69) is 23.5 Å². The number of hydrogen-bond acceptors (Lipinski definition) is 3. The van der Waals surface area contributed by atoms with Gasteiger partial charge in [-0.3, -0.25) is 4.79 Å². The molecule has 0 aromatic rings. The van der Waals surface area contributed by atoms with Crippen LogP contribution in [-0.4, -0.2) is 12.5 Å². The SMILES string of the molecule is C=CCNOC(=O)CC=C. The smallest absolute Gasteiger partial charge is 0.328 e. The maximum absolute atomic E-state index is 10.5. The zero-order valence-electron chi connectivity index (χ0n) is 5.80. The van der Waals surface area contributed by atoms with E-state index in [1.807, 2.05) is 0 Å². The summed E-state index contributed by atoms with van der Waals surface area (Å²) in [5, 5.41) is 0. The van der Waals surface area contributed by atoms with Crippen molar-refractivity contribution in [2.75, 3.05) is 6.54 Å². The molecule has 0 amide bonds. The molecule has 56 valence electrons. The van der Waals surface area contributed by atoms with Gasteiger partial charge >= 0.3 is 5.97 Å². The van der Waals surface area contributed by atoms with Crippen molar-refractivity contribution in [1.82, 2.24) is 5.48 Å². The van der Waals surface area contributed by atoms with E-state index in [-0.39, 0.29) is 12.4 Å². The zero-order valence-corrected chi connectivity index (χ0v) is 5.80. The van der Waals surface area contributed by atoms with Gasteiger partial charge in [0.2, 0.25) is 0 Å². The Hall–Kier alpha value is -1.09. The second kappa shape index (κ2) is 6.04. The fourth-order valence-corrected chi connectivity index (χ4v) is 0.341. The molecule has 0 aromatic carbocycles. The van der Waals surface area contributed by atoms with Crippen molar-refractivity contribution in [2.45, 2.75) is 6.42 Å². The maximum atomic E-state index is 10.5. The highest BCUT2D eigenvalue weighted by atomic mass is 16.7. The first kappa shape index (κ1) is 8.91. The van der Waals surface area contributed by atoms with Gasteiger partial charge in [-0.15, -0.1) is 18.6 Å². The predicted octanol–water partition coefficient (Wildman–Crippen LogP) is 0.796. The normalized spacial score (nSPS) is 8.40. The van der Waals surface area contributed by atoms with Gasteiger partial charge in [-0.2, -0.15) is 0 Å². The van der Waals surface area contributed by atoms with Gasteiger partial charge in [0.25, 0.3) is 0 Å². The number of rotatable bonds is 5. The Bertz CT molecular complexity index is 132. The topological polar surface area (TPSA) is 38.3 Å². The average molecular weight is 141 g/mol. The lowest BCUT2D eigenvalue weighted by Gasteiger charge is -1.99. The molecule has 0 fully saturated rings. The van der Waals surface area contributed by atoms with Crippen LogP contribution in [0.4, 0.5) is 0 Å². The molecule has 0 rings (SSSR count). The van der Waals surface area contributed by atoms with Crippen LogP contribution in [0.2, 0.25) is 0 Å². The van der Waals surface area contributed by atoms with Crippen molar-refractivity contribution in [3.63, 3.8) is 0 Å². The van der Waals surface area contributed by atoms with Crippen molar-refractivity contribution < 1.29 is 9.63 Å². The third-order valence-corrected chi connectivity index (χ3v) is 0.725. The minimum Gasteiger partial charge on any atom is -0.370 e. The van der Waals surface area contributed by atoms with Gasteiger partial charge < -0.3 is 4.84 Å². The van der Waals surface area contributed by atoms with Gasteiger partial charge in [0, 0.05) is 6.54 Å². The fraction of sp³-hybridized carbons (Fsp3) is 0.286. The quantitative estimate of drug-likeness (QED) is 0.349. The summed E-state index contributed by atoms with van der Waals surface area (Å²) in [6.07, 6.45) is 3.31. The lowest BCUT2D eigenvalue weighted by atomic mass is 10.4. The minimum atomic E-state index is -0.336. The van der Waals surface area contributed by atoms with Crippen LogP contribution in [-0.2, 0) is 9.63 Å². The first-order chi connectivity index (χ1) is 4.81. The van der Waals surface area contributed by atoms with Crippen molar-refractivity contribution in [3.05, 3.63) is 25.3 Å². The van der Waals surface area contributed by atoms with Gasteiger partial charge in [0.1, 0.15) is 0 Å². The third kappa shape index (κ3) is 5.05. The Morgan fingerprint density at radius 2 is 2.20 bits per heavy atom. The van der Waals surface area contributed by atoms with Gasteiger partial charge in [-0.25, -0.2) is 0 Å². The van der Waals surface area contributed by atoms with Gasteiger partial charge in [0.05, 0.1) is 6.42 Å². The summed E-state index contributed by atoms with van der Waals surface area (Å²) in [5.41, 5.74) is 2.40. The van der Waals surface area contributed by atoms with Crippen LogP contribution in [0.25, 0.3) is 0 Å². The molecular weight excluding hydrogens is 130 g/mol. The van der Waals surface area contributed by atoms with Gasteiger partial charge in [-0.05, 0) is 0 Å². The number of carbonyl (C=O) groups excluding carboxylic acids is 1. The molecule has 10 heavy (non-hydrogen) atoms. The average Bonchev–Trinajstić information content (AvgIpc) is 1.89. The van der Waals surface area contributed by atoms with E-state index in [0.717, 1.165) is 0 Å². The molecule has 0 radical (unpaired) electrons. The van der Waals surface area contributed by atoms with E-state index < -0.39 is 0 Å². The Kier molecular flexibility index (Phi) is 5.38. The van der Waals surface area contributed by atoms with Crippen molar-refractivity contribution in [3.8, 4) is 0 Å². The van der Waals surface area contributed by atoms with Gasteiger partial charge in [-0.1, -0.05) is 12.2 Å². The second-order valence-electron chi connectivity index (χ2n) is 1.60. The van der Waals surface area contributed by atoms with Crippen LogP contribution in [0.3, 0.4) is 0 Å². The molecule has 3 nitrogen and oxygen atoms in total. The van der Waals surface area contributed by atoms with Crippen LogP contribution in [0, 0.1) is 0 Å². The first-order valence-electron chi connectivity index (χ1n) is 2.95. The Morgan fingerprint density at radius 1 is 1.50 bits per heavy atom. The summed E-state index contributed by atoms with van der Waals surface area (Å²) in [6, 6.07) is 0. The molecule has 0 atom stereocenters. The molecule has 0 spiro atoms. The number of hydroxylamine groups is 1. The molecule has 0 saturated carbocycles. The third-order valence-electron chi connectivity index (χ3n) is 0.725. The lowest BCUT2D eigenvalue weighted by molar-refractivity contribution is -0.149. The van der Waals surface area contributed by atoms with Gasteiger partial charge in [0.15, 0.2) is 0 Å². The Labute approximate surface area is 60.3 Å². The standard InChI is InChI=1S/C7H11NO2/c1-3-5-7(9)10-8-6-4-2/h3-4,8H,1-2,5-6H2. The van der Waals surface area contributed by atoms with E-state index in [4.69, 9.17) is 0 Å². The van der Waals surface area contributed by atoms with Crippen LogP contribution in [0.15, 0.2) is 25.3 Å². The first-order valence-corrected chi connectivity index (χ1v) is 2.95. The number of nitrogens with one attached hydrogen (secondary N) is 1. The molecule has 0 aromatic heterocycles. The molecular formula is C7H11NO2. The van der Waals surface area contributed by atoms with Crippen LogP contribution in [0.5, 0.6) is 0 Å². The molecule has 0 heterocycles. The molecule has 0 aliphatic carbocycles. The van der Waals surface area contributed by atoms with Crippen LogP contribution in [0.1, 0.15) is 6.42 Å². The predicted molar refractivity (Wildman–Crippen MR) is 39.1 cm³/mol. The Morgan fingerprint density at radius 3 is 2.70 bits per heavy atom. The lowest BCUT2D eigenvalue weighted by Crippen LogP contribution is -2.18. The molecule has 0 bridgehead atoms. The Balaban J connectivity index is 3.20. The summed E-state index contributed by atoms with van der Waals surface area (Å²) in [7, 11) is 0. The largest absolute Gasteiger partial charge is 0.370 e. The summed E-state index contributed by atoms with van der Waals surface area (Å²) in [6.45, 7) is 7.27. The van der Waals surface area contributed by atoms with E-state index in [1.165, 1.54) is 6.08 Å². The summed E-state index contributed by atoms with van der Waals surface area (Å²) >= 11 is 0. The van der Waals surface area contributed by atoms with Crippen molar-refractivity contribution in [1.29, 1.82) is 0 Å². The van der Waals surface area contributed by atoms with Crippen molar-refractivity contribution >= 4 is 5.97 Å². The molecule has 3 heteroatoms. The monoisotopic (exact) mass is 141 g/mol. The maximum Gasteiger partial charge on any atom is 0.328 e. The molecule has 0 saturated heterocycles. The van der Waals surface area contributed by atoms with E-state index in [9.17, 15) is 4.79 Å². The van der Waals surface area contributed by atoms with Crippen molar-refractivity contribution in [2.24, 2.45) is 0 Å². The minimum absolute atomic E-state index is 0.226. The van der Waals surface area contributed by atoms with E-state index >= 15 is 0 Å². The van der Waals surface area contributed by atoms with E-state index in [0.29, 0.717) is 6.54 Å². The second-order valence-corrected chi connectivity index (χ2v) is 1.60. The number of carbonyl (C=O) groups is 1. The summed E-state index contributed by atoms with van der Waals surface area (Å²) < 4.78 is 0. The van der Waals surface area contributed by atoms with Crippen LogP contribution >= 0.6 is 0 Å². The molecule has 0 unspecified atom stereocenters. The molecule has 1 N–H and O–H groups in total. The molecule has 0 aliphatic rings. The number of hydrogen-bond donors (Lipinski definition) is 1. The summed E-state index contributed by atoms with van der Waals surface area (Å²) in [5.74, 6) is -0.336. The molecule has 0 aliphatic heterocycles. The highest BCUT2D eigenvalue weighted by Crippen LogP contribution is 1.82. The summed E-state index contributed by atoms with van der Waals surface area (Å²) in [4.78, 5) is 15.0. The van der Waals surface area contributed by atoms with E-state index in [1.54, 1.807) is 6.08 Å². The highest BCUT2D eigenvalue weighted by Gasteiger charge is 1.95. The van der Waals surface area contributed by atoms with Crippen LogP contribution < -0.4 is 5.48 Å². The zero-order chi connectivity index (χ0) is 7.82.